The predicted octanol–water partition coefficient (Wildman–Crippen LogP) is 13.2. The first-order valence-electron chi connectivity index (χ1n) is 30.6. The maximum atomic E-state index is 9.90. The quantitative estimate of drug-likeness (QED) is 0.171. The lowest BCUT2D eigenvalue weighted by molar-refractivity contribution is 1.17. The van der Waals surface area contributed by atoms with Crippen LogP contribution in [0.1, 0.15) is 48.1 Å². The van der Waals surface area contributed by atoms with Gasteiger partial charge in [-0.3, -0.25) is 0 Å². The van der Waals surface area contributed by atoms with Gasteiger partial charge in [-0.15, -0.1) is 0 Å². The smallest absolute Gasteiger partial charge is 0.0652 e. The van der Waals surface area contributed by atoms with Crippen molar-refractivity contribution in [2.45, 2.75) is 6.92 Å². The van der Waals surface area contributed by atoms with Crippen LogP contribution in [0.4, 0.5) is 0 Å². The second-order valence-corrected chi connectivity index (χ2v) is 11.0. The molecule has 2 aromatic heterocycles. The highest BCUT2D eigenvalue weighted by Crippen LogP contribution is 2.38. The topological polar surface area (TPSA) is 9.86 Å². The third-order valence-corrected chi connectivity index (χ3v) is 7.99. The van der Waals surface area contributed by atoms with Gasteiger partial charge in [0.1, 0.15) is 0 Å². The van der Waals surface area contributed by atoms with E-state index in [4.69, 9.17) is 26.0 Å². The fourth-order valence-corrected chi connectivity index (χ4v) is 5.75. The number of hydrogen-bond acceptors (Lipinski definition) is 0. The Balaban J connectivity index is 1.40. The van der Waals surface area contributed by atoms with Crippen LogP contribution in [0.25, 0.3) is 88.4 Å². The van der Waals surface area contributed by atoms with Crippen molar-refractivity contribution < 1.29 is 42.5 Å². The Morgan fingerprint density at radius 1 is 0.314 bits per heavy atom. The van der Waals surface area contributed by atoms with Crippen molar-refractivity contribution in [2.75, 3.05) is 0 Å². The van der Waals surface area contributed by atoms with E-state index in [0.717, 1.165) is 4.57 Å². The van der Waals surface area contributed by atoms with Crippen LogP contribution < -0.4 is 0 Å². The predicted molar refractivity (Wildman–Crippen MR) is 216 cm³/mol. The van der Waals surface area contributed by atoms with Gasteiger partial charge < -0.3 is 9.13 Å². The third kappa shape index (κ3) is 4.87. The lowest BCUT2D eigenvalue weighted by atomic mass is 9.93. The summed E-state index contributed by atoms with van der Waals surface area (Å²) in [5.74, 6) is 0. The van der Waals surface area contributed by atoms with E-state index in [1.807, 2.05) is 0 Å². The Bertz CT molecular complexity index is 4450. The van der Waals surface area contributed by atoms with Gasteiger partial charge in [-0.05, 0) is 107 Å². The van der Waals surface area contributed by atoms with Gasteiger partial charge in [-0.1, -0.05) is 126 Å². The number of nitrogens with zero attached hydrogens (tertiary/aromatic N) is 2. The summed E-state index contributed by atoms with van der Waals surface area (Å²) < 4.78 is 281. The van der Waals surface area contributed by atoms with E-state index in [1.165, 1.54) is 6.92 Å². The van der Waals surface area contributed by atoms with Crippen LogP contribution in [-0.4, -0.2) is 9.13 Å². The van der Waals surface area contributed by atoms with Gasteiger partial charge in [-0.25, -0.2) is 0 Å². The van der Waals surface area contributed by atoms with E-state index in [2.05, 4.69) is 0 Å². The van der Waals surface area contributed by atoms with Gasteiger partial charge >= 0.3 is 0 Å². The lowest BCUT2D eigenvalue weighted by Gasteiger charge is -2.13. The molecule has 0 bridgehead atoms. The average Bonchev–Trinajstić information content (AvgIpc) is 1.62. The van der Waals surface area contributed by atoms with Gasteiger partial charge in [0.15, 0.2) is 0 Å². The second-order valence-electron chi connectivity index (χ2n) is 11.0. The van der Waals surface area contributed by atoms with E-state index >= 15 is 0 Å². The SMILES string of the molecule is [2H]c1c([2H])c([2H])c(-c2c([2H])c(-c3c([2H])c([2H])c(C)c([2H])c3[2H])c([2H])c(-c3c([2H])c([2H])c(-n4c5c([2H])c([2H])c([2H])c([2H])c5c5c([2H])c(-n6c7c([2H])c([2H])c([2H])c([2H])c7c7c([2H])c([2H])c([2H])c([2H])c76)c([2H])c([2H])c54)c([2H])c3[2H])c2[2H])c([2H])c1[2H]. The summed E-state index contributed by atoms with van der Waals surface area (Å²) in [4.78, 5) is 0. The van der Waals surface area contributed by atoms with E-state index in [-0.39, 0.29) is 5.56 Å². The van der Waals surface area contributed by atoms with Gasteiger partial charge in [0.05, 0.1) is 64.6 Å². The second kappa shape index (κ2) is 11.8. The summed E-state index contributed by atoms with van der Waals surface area (Å²) in [6, 6.07) is -29.4. The molecule has 10 aromatic rings. The van der Waals surface area contributed by atoms with Crippen LogP contribution in [-0.2, 0) is 0 Å². The molecule has 2 heteroatoms. The standard InChI is InChI=1S/C49H34N2/c1-33-19-21-35(22-20-33)38-29-37(34-11-3-2-4-12-34)30-39(31-38)36-23-25-40(26-24-36)50-48-18-10-7-15-44(48)45-32-41(27-28-49(45)50)51-46-16-8-5-13-42(46)43-14-6-9-17-47(43)51/h2-32H,1H3/i2D,3D,4D,5D,6D,7D,8D,9D,10D,11D,12D,13D,14D,15D,16D,17D,18D,19D,20D,21D,22D,23D,24D,25D,26D,27D,28D,29D,30D,31D,32D. The van der Waals surface area contributed by atoms with Crippen molar-refractivity contribution in [3.05, 3.63) is 193 Å². The molecule has 0 amide bonds. The van der Waals surface area contributed by atoms with Crippen molar-refractivity contribution in [1.29, 1.82) is 0 Å². The van der Waals surface area contributed by atoms with Gasteiger partial charge in [-0.2, -0.15) is 0 Å². The van der Waals surface area contributed by atoms with Gasteiger partial charge in [0, 0.05) is 32.9 Å². The van der Waals surface area contributed by atoms with E-state index in [9.17, 15) is 16.4 Å². The zero-order valence-electron chi connectivity index (χ0n) is 56.9. The minimum atomic E-state index is -1.19. The minimum absolute atomic E-state index is 0.175. The summed E-state index contributed by atoms with van der Waals surface area (Å²) >= 11 is 0. The lowest BCUT2D eigenvalue weighted by Crippen LogP contribution is -1.96. The molecule has 2 heterocycles. The monoisotopic (exact) mass is 681 g/mol. The molecular formula is C49H34N2. The number of rotatable bonds is 5. The molecule has 0 N–H and O–H groups in total. The Labute approximate surface area is 340 Å². The summed E-state index contributed by atoms with van der Waals surface area (Å²) in [7, 11) is 0. The minimum Gasteiger partial charge on any atom is -0.309 e. The maximum absolute atomic E-state index is 9.90. The zero-order chi connectivity index (χ0) is 60.9. The summed E-state index contributed by atoms with van der Waals surface area (Å²) in [6.07, 6.45) is 0. The number of hydrogen-bond donors (Lipinski definition) is 0. The van der Waals surface area contributed by atoms with E-state index in [0.29, 0.717) is 4.57 Å². The molecule has 0 aliphatic carbocycles. The van der Waals surface area contributed by atoms with Crippen molar-refractivity contribution >= 4 is 43.6 Å². The molecule has 51 heavy (non-hydrogen) atoms. The molecule has 0 aliphatic rings. The normalized spacial score (nSPS) is 20.1. The van der Waals surface area contributed by atoms with Crippen LogP contribution in [0, 0.1) is 6.92 Å². The molecule has 8 aromatic carbocycles. The molecule has 0 spiro atoms. The fraction of sp³-hybridized carbons (Fsp3) is 0.0204. The molecule has 0 aliphatic heterocycles. The average molecular weight is 682 g/mol. The molecular weight excluding hydrogens is 617 g/mol. The Hall–Kier alpha value is -6.64. The van der Waals surface area contributed by atoms with Crippen LogP contribution in [0.15, 0.2) is 187 Å². The molecule has 0 fully saturated rings. The molecule has 0 unspecified atom stereocenters. The first kappa shape index (κ1) is 11.7. The van der Waals surface area contributed by atoms with Crippen molar-refractivity contribution in [3.8, 4) is 44.8 Å². The summed E-state index contributed by atoms with van der Waals surface area (Å²) in [6.45, 7) is 1.25. The highest BCUT2D eigenvalue weighted by Gasteiger charge is 2.16. The van der Waals surface area contributed by atoms with Crippen LogP contribution >= 0.6 is 0 Å². The molecule has 2 nitrogen and oxygen atoms in total. The number of aromatic nitrogens is 2. The van der Waals surface area contributed by atoms with Crippen molar-refractivity contribution in [1.82, 2.24) is 9.13 Å². The van der Waals surface area contributed by atoms with Crippen LogP contribution in [0.3, 0.4) is 0 Å². The Morgan fingerprint density at radius 3 is 1.25 bits per heavy atom. The molecule has 0 saturated heterocycles. The molecule has 0 atom stereocenters. The first-order chi connectivity index (χ1) is 38.1. The number of fused-ring (bicyclic) bond motifs is 6. The largest absolute Gasteiger partial charge is 0.309 e. The first-order valence-corrected chi connectivity index (χ1v) is 15.1. The van der Waals surface area contributed by atoms with Gasteiger partial charge in [0.25, 0.3) is 0 Å². The molecule has 0 saturated carbocycles. The summed E-state index contributed by atoms with van der Waals surface area (Å²) in [5.41, 5.74) is -9.92. The van der Waals surface area contributed by atoms with Crippen LogP contribution in [0.2, 0.25) is 0 Å². The molecule has 10 rings (SSSR count). The highest BCUT2D eigenvalue weighted by molar-refractivity contribution is 6.12. The maximum Gasteiger partial charge on any atom is 0.0652 e. The van der Waals surface area contributed by atoms with E-state index < -0.39 is 276 Å². The summed E-state index contributed by atoms with van der Waals surface area (Å²) in [5, 5.41) is -2.28. The van der Waals surface area contributed by atoms with Crippen LogP contribution in [0.5, 0.6) is 0 Å². The molecule has 240 valence electrons. The van der Waals surface area contributed by atoms with Crippen molar-refractivity contribution in [2.24, 2.45) is 0 Å². The Morgan fingerprint density at radius 2 is 0.706 bits per heavy atom. The number of benzene rings is 8. The highest BCUT2D eigenvalue weighted by atomic mass is 15.0. The number of para-hydroxylation sites is 3. The van der Waals surface area contributed by atoms with E-state index in [1.54, 1.807) is 0 Å². The third-order valence-electron chi connectivity index (χ3n) is 7.99. The van der Waals surface area contributed by atoms with Crippen molar-refractivity contribution in [3.63, 3.8) is 0 Å². The molecule has 0 radical (unpaired) electrons. The Kier molecular flexibility index (Phi) is 2.70. The zero-order valence-corrected chi connectivity index (χ0v) is 25.9. The van der Waals surface area contributed by atoms with Gasteiger partial charge in [0.2, 0.25) is 0 Å². The fourth-order valence-electron chi connectivity index (χ4n) is 5.75.